The van der Waals surface area contributed by atoms with E-state index in [2.05, 4.69) is 38.2 Å². The molecule has 2 amide bonds. The van der Waals surface area contributed by atoms with Gasteiger partial charge < -0.3 is 24.6 Å². The highest BCUT2D eigenvalue weighted by Gasteiger charge is 2.32. The average Bonchev–Trinajstić information content (AvgIpc) is 2.77. The second-order valence-electron chi connectivity index (χ2n) is 9.91. The van der Waals surface area contributed by atoms with Crippen molar-refractivity contribution in [2.75, 3.05) is 46.5 Å². The van der Waals surface area contributed by atoms with Crippen molar-refractivity contribution in [2.45, 2.75) is 64.1 Å². The minimum absolute atomic E-state index is 0.0952. The van der Waals surface area contributed by atoms with Crippen LogP contribution in [-0.4, -0.2) is 68.4 Å². The molecular formula is C24H37N3O3. The molecular weight excluding hydrogens is 378 g/mol. The summed E-state index contributed by atoms with van der Waals surface area (Å²) < 4.78 is 11.2. The summed E-state index contributed by atoms with van der Waals surface area (Å²) in [6.45, 7) is 12.2. The summed E-state index contributed by atoms with van der Waals surface area (Å²) in [7, 11) is 1.76. The molecule has 6 heteroatoms. The van der Waals surface area contributed by atoms with Crippen LogP contribution in [0.1, 0.15) is 61.9 Å². The fourth-order valence-electron chi connectivity index (χ4n) is 4.85. The molecule has 1 N–H and O–H groups in total. The molecule has 0 unspecified atom stereocenters. The number of ether oxygens (including phenoxy) is 2. The van der Waals surface area contributed by atoms with E-state index in [4.69, 9.17) is 9.47 Å². The molecule has 1 aromatic carbocycles. The Morgan fingerprint density at radius 1 is 1.17 bits per heavy atom. The third kappa shape index (κ3) is 4.51. The predicted molar refractivity (Wildman–Crippen MR) is 118 cm³/mol. The van der Waals surface area contributed by atoms with E-state index in [1.807, 2.05) is 9.80 Å². The summed E-state index contributed by atoms with van der Waals surface area (Å²) in [4.78, 5) is 17.3. The summed E-state index contributed by atoms with van der Waals surface area (Å²) in [5.74, 6) is 0. The first-order valence-corrected chi connectivity index (χ1v) is 11.4. The molecule has 0 bridgehead atoms. The number of carbonyl (C=O) groups excluding carboxylic acids is 1. The summed E-state index contributed by atoms with van der Waals surface area (Å²) in [5.41, 5.74) is 5.49. The lowest BCUT2D eigenvalue weighted by Crippen LogP contribution is -2.49. The highest BCUT2D eigenvalue weighted by Crippen LogP contribution is 2.34. The zero-order chi connectivity index (χ0) is 21.3. The van der Waals surface area contributed by atoms with E-state index in [0.717, 1.165) is 52.0 Å². The Kier molecular flexibility index (Phi) is 6.37. The van der Waals surface area contributed by atoms with Gasteiger partial charge in [0.1, 0.15) is 0 Å². The van der Waals surface area contributed by atoms with Crippen molar-refractivity contribution in [3.63, 3.8) is 0 Å². The Balaban J connectivity index is 1.58. The second kappa shape index (κ2) is 8.85. The van der Waals surface area contributed by atoms with Gasteiger partial charge in [-0.15, -0.1) is 0 Å². The molecule has 4 rings (SSSR count). The average molecular weight is 416 g/mol. The number of hydrogen-bond acceptors (Lipinski definition) is 4. The Labute approximate surface area is 180 Å². The lowest BCUT2D eigenvalue weighted by molar-refractivity contribution is 0.0437. The maximum absolute atomic E-state index is 13.2. The molecule has 3 aliphatic rings. The summed E-state index contributed by atoms with van der Waals surface area (Å²) in [6.07, 6.45) is 3.06. The topological polar surface area (TPSA) is 54.0 Å². The highest BCUT2D eigenvalue weighted by atomic mass is 16.5. The first kappa shape index (κ1) is 21.6. The standard InChI is InChI=1S/C24H37N3O3/c1-24(2,3)18-13-17-5-9-27(23(28)26-10-6-19(29-4)7-11-26)15-21(17)20(14-18)22-16-30-12-8-25-22/h13-14,19,22,25H,5-12,15-16H2,1-4H3/t22-/m0/s1. The molecule has 0 aromatic heterocycles. The number of hydrogen-bond donors (Lipinski definition) is 1. The van der Waals surface area contributed by atoms with E-state index >= 15 is 0 Å². The molecule has 2 saturated heterocycles. The predicted octanol–water partition coefficient (Wildman–Crippen LogP) is 3.23. The van der Waals surface area contributed by atoms with E-state index in [1.165, 1.54) is 22.3 Å². The monoisotopic (exact) mass is 415 g/mol. The lowest BCUT2D eigenvalue weighted by atomic mass is 9.80. The second-order valence-corrected chi connectivity index (χ2v) is 9.91. The van der Waals surface area contributed by atoms with Crippen LogP contribution < -0.4 is 5.32 Å². The van der Waals surface area contributed by atoms with Crippen molar-refractivity contribution in [2.24, 2.45) is 0 Å². The maximum atomic E-state index is 13.2. The fourth-order valence-corrected chi connectivity index (χ4v) is 4.85. The normalized spacial score (nSPS) is 23.4. The minimum atomic E-state index is 0.0952. The van der Waals surface area contributed by atoms with Gasteiger partial charge in [-0.2, -0.15) is 0 Å². The quantitative estimate of drug-likeness (QED) is 0.806. The van der Waals surface area contributed by atoms with Gasteiger partial charge in [0.15, 0.2) is 0 Å². The van der Waals surface area contributed by atoms with E-state index in [0.29, 0.717) is 13.2 Å². The van der Waals surface area contributed by atoms with Gasteiger partial charge in [-0.3, -0.25) is 0 Å². The van der Waals surface area contributed by atoms with Crippen LogP contribution in [0.15, 0.2) is 12.1 Å². The molecule has 0 saturated carbocycles. The van der Waals surface area contributed by atoms with Gasteiger partial charge in [0, 0.05) is 39.8 Å². The van der Waals surface area contributed by atoms with Crippen molar-refractivity contribution in [3.8, 4) is 0 Å². The minimum Gasteiger partial charge on any atom is -0.381 e. The number of amides is 2. The third-order valence-corrected chi connectivity index (χ3v) is 6.86. The zero-order valence-electron chi connectivity index (χ0n) is 19.0. The summed E-state index contributed by atoms with van der Waals surface area (Å²) >= 11 is 0. The van der Waals surface area contributed by atoms with Crippen molar-refractivity contribution < 1.29 is 14.3 Å². The van der Waals surface area contributed by atoms with Crippen LogP contribution in [0.25, 0.3) is 0 Å². The number of urea groups is 1. The van der Waals surface area contributed by atoms with Crippen LogP contribution in [0.2, 0.25) is 0 Å². The number of nitrogens with zero attached hydrogens (tertiary/aromatic N) is 2. The van der Waals surface area contributed by atoms with Crippen molar-refractivity contribution >= 4 is 6.03 Å². The van der Waals surface area contributed by atoms with Crippen LogP contribution in [0.4, 0.5) is 4.79 Å². The van der Waals surface area contributed by atoms with E-state index in [9.17, 15) is 4.79 Å². The number of morpholine rings is 1. The number of likely N-dealkylation sites (tertiary alicyclic amines) is 1. The van der Waals surface area contributed by atoms with Crippen LogP contribution in [-0.2, 0) is 27.9 Å². The number of benzene rings is 1. The molecule has 2 fully saturated rings. The van der Waals surface area contributed by atoms with Gasteiger partial charge in [-0.1, -0.05) is 32.9 Å². The molecule has 0 radical (unpaired) electrons. The Morgan fingerprint density at radius 3 is 2.57 bits per heavy atom. The van der Waals surface area contributed by atoms with E-state index in [-0.39, 0.29) is 23.6 Å². The van der Waals surface area contributed by atoms with Gasteiger partial charge in [0.2, 0.25) is 0 Å². The van der Waals surface area contributed by atoms with Crippen molar-refractivity contribution in [1.82, 2.24) is 15.1 Å². The van der Waals surface area contributed by atoms with Gasteiger partial charge >= 0.3 is 6.03 Å². The maximum Gasteiger partial charge on any atom is 0.320 e. The Bertz CT molecular complexity index is 760. The van der Waals surface area contributed by atoms with E-state index in [1.54, 1.807) is 7.11 Å². The van der Waals surface area contributed by atoms with E-state index < -0.39 is 0 Å². The summed E-state index contributed by atoms with van der Waals surface area (Å²) in [5, 5.41) is 3.63. The zero-order valence-corrected chi connectivity index (χ0v) is 19.0. The SMILES string of the molecule is COC1CCN(C(=O)N2CCc3cc(C(C)(C)C)cc([C@@H]4COCCN4)c3C2)CC1. The van der Waals surface area contributed by atoms with Crippen LogP contribution in [0.5, 0.6) is 0 Å². The summed E-state index contributed by atoms with van der Waals surface area (Å²) in [6, 6.07) is 5.09. The molecule has 1 atom stereocenters. The lowest BCUT2D eigenvalue weighted by Gasteiger charge is -2.39. The molecule has 6 nitrogen and oxygen atoms in total. The molecule has 0 spiro atoms. The fraction of sp³-hybridized carbons (Fsp3) is 0.708. The molecule has 166 valence electrons. The van der Waals surface area contributed by atoms with Crippen LogP contribution in [0.3, 0.4) is 0 Å². The number of carbonyl (C=O) groups is 1. The smallest absolute Gasteiger partial charge is 0.320 e. The molecule has 30 heavy (non-hydrogen) atoms. The largest absolute Gasteiger partial charge is 0.381 e. The number of rotatable bonds is 2. The van der Waals surface area contributed by atoms with Gasteiger partial charge in [0.05, 0.1) is 25.4 Å². The van der Waals surface area contributed by atoms with Crippen LogP contribution >= 0.6 is 0 Å². The Morgan fingerprint density at radius 2 is 1.93 bits per heavy atom. The van der Waals surface area contributed by atoms with Crippen molar-refractivity contribution in [1.29, 1.82) is 0 Å². The number of piperidine rings is 1. The molecule has 0 aliphatic carbocycles. The Hall–Kier alpha value is -1.63. The van der Waals surface area contributed by atoms with Crippen molar-refractivity contribution in [3.05, 3.63) is 34.4 Å². The van der Waals surface area contributed by atoms with Gasteiger partial charge in [0.25, 0.3) is 0 Å². The first-order valence-electron chi connectivity index (χ1n) is 11.4. The number of fused-ring (bicyclic) bond motifs is 1. The molecule has 3 heterocycles. The third-order valence-electron chi connectivity index (χ3n) is 6.86. The van der Waals surface area contributed by atoms with Gasteiger partial charge in [-0.25, -0.2) is 4.79 Å². The van der Waals surface area contributed by atoms with Gasteiger partial charge in [-0.05, 0) is 46.9 Å². The molecule has 3 aliphatic heterocycles. The number of nitrogens with one attached hydrogen (secondary N) is 1. The highest BCUT2D eigenvalue weighted by molar-refractivity contribution is 5.75. The van der Waals surface area contributed by atoms with Crippen LogP contribution in [0, 0.1) is 0 Å². The number of methoxy groups -OCH3 is 1. The molecule has 1 aromatic rings. The first-order chi connectivity index (χ1) is 14.4.